The number of methoxy groups -OCH3 is 1. The second kappa shape index (κ2) is 5.93. The van der Waals surface area contributed by atoms with Crippen LogP contribution in [0.4, 0.5) is 0 Å². The highest BCUT2D eigenvalue weighted by atomic mass is 16.6. The highest BCUT2D eigenvalue weighted by Gasteiger charge is 2.42. The number of fused-ring (bicyclic) bond motifs is 1. The zero-order valence-electron chi connectivity index (χ0n) is 12.7. The van der Waals surface area contributed by atoms with Crippen molar-refractivity contribution >= 4 is 17.5 Å². The van der Waals surface area contributed by atoms with Crippen LogP contribution < -0.4 is 0 Å². The first kappa shape index (κ1) is 15.4. The molecule has 1 aromatic rings. The second-order valence-electron chi connectivity index (χ2n) is 5.46. The minimum atomic E-state index is -0.884. The molecule has 0 saturated heterocycles. The van der Waals surface area contributed by atoms with Gasteiger partial charge in [-0.15, -0.1) is 6.58 Å². The Bertz CT molecular complexity index is 744. The minimum absolute atomic E-state index is 0.0502. The fourth-order valence-electron chi connectivity index (χ4n) is 3.08. The largest absolute Gasteiger partial charge is 0.467 e. The lowest BCUT2D eigenvalue weighted by Gasteiger charge is -2.34. The number of Topliss-reactive ketones (excluding diaryl/α,β-unsaturated/α-hetero) is 2. The Morgan fingerprint density at radius 3 is 2.57 bits per heavy atom. The molecule has 1 aliphatic carbocycles. The maximum atomic E-state index is 12.8. The molecule has 2 atom stereocenters. The number of ether oxygens (including phenoxy) is 2. The summed E-state index contributed by atoms with van der Waals surface area (Å²) in [6, 6.07) is 6.70. The van der Waals surface area contributed by atoms with E-state index in [1.807, 2.05) is 0 Å². The van der Waals surface area contributed by atoms with E-state index in [1.165, 1.54) is 7.11 Å². The molecule has 0 fully saturated rings. The number of carbonyl (C=O) groups is 3. The lowest BCUT2D eigenvalue weighted by molar-refractivity contribution is -0.157. The summed E-state index contributed by atoms with van der Waals surface area (Å²) in [4.78, 5) is 37.4. The van der Waals surface area contributed by atoms with Crippen molar-refractivity contribution < 1.29 is 23.9 Å². The van der Waals surface area contributed by atoms with Crippen molar-refractivity contribution in [3.63, 3.8) is 0 Å². The van der Waals surface area contributed by atoms with Gasteiger partial charge in [-0.2, -0.15) is 0 Å². The summed E-state index contributed by atoms with van der Waals surface area (Å²) < 4.78 is 10.4. The molecule has 1 aromatic carbocycles. The molecule has 0 bridgehead atoms. The predicted octanol–water partition coefficient (Wildman–Crippen LogP) is 2.27. The quantitative estimate of drug-likeness (QED) is 0.632. The molecule has 118 valence electrons. The summed E-state index contributed by atoms with van der Waals surface area (Å²) in [5, 5.41) is 0. The van der Waals surface area contributed by atoms with Crippen molar-refractivity contribution in [2.24, 2.45) is 0 Å². The van der Waals surface area contributed by atoms with Gasteiger partial charge in [0.2, 0.25) is 0 Å². The molecule has 0 unspecified atom stereocenters. The van der Waals surface area contributed by atoms with E-state index in [9.17, 15) is 14.4 Å². The van der Waals surface area contributed by atoms with Crippen LogP contribution in [-0.4, -0.2) is 36.9 Å². The summed E-state index contributed by atoms with van der Waals surface area (Å²) in [6.07, 6.45) is 0.450. The van der Waals surface area contributed by atoms with Gasteiger partial charge in [0.05, 0.1) is 13.2 Å². The van der Waals surface area contributed by atoms with Gasteiger partial charge < -0.3 is 9.47 Å². The Hall–Kier alpha value is -2.53. The number of rotatable bonds is 3. The first-order chi connectivity index (χ1) is 11.1. The highest BCUT2D eigenvalue weighted by molar-refractivity contribution is 6.27. The topological polar surface area (TPSA) is 69.7 Å². The lowest BCUT2D eigenvalue weighted by atomic mass is 9.78. The molecule has 5 heteroatoms. The maximum Gasteiger partial charge on any atom is 0.335 e. The summed E-state index contributed by atoms with van der Waals surface area (Å²) >= 11 is 0. The second-order valence-corrected chi connectivity index (χ2v) is 5.46. The van der Waals surface area contributed by atoms with Crippen LogP contribution in [0.5, 0.6) is 0 Å². The number of ketones is 2. The zero-order valence-corrected chi connectivity index (χ0v) is 12.7. The molecule has 5 nitrogen and oxygen atoms in total. The molecular formula is C18H16O5. The van der Waals surface area contributed by atoms with Gasteiger partial charge in [-0.05, 0) is 6.42 Å². The number of benzene rings is 1. The first-order valence-electron chi connectivity index (χ1n) is 7.34. The Balaban J connectivity index is 2.11. The van der Waals surface area contributed by atoms with Crippen molar-refractivity contribution in [3.8, 4) is 0 Å². The average Bonchev–Trinajstić information content (AvgIpc) is 2.58. The zero-order chi connectivity index (χ0) is 16.6. The summed E-state index contributed by atoms with van der Waals surface area (Å²) in [7, 11) is 1.27. The predicted molar refractivity (Wildman–Crippen MR) is 82.2 cm³/mol. The van der Waals surface area contributed by atoms with Crippen LogP contribution in [0.2, 0.25) is 0 Å². The standard InChI is InChI=1S/C18H16O5/c1-3-6-13-15-12(9-14(23-13)18(21)22-2)16(19)10-7-4-5-8-11(10)17(15)20/h3-5,7-8,13-14H,1,6,9H2,2H3/t13-,14+/m1/s1. The van der Waals surface area contributed by atoms with Gasteiger partial charge in [-0.1, -0.05) is 30.3 Å². The average molecular weight is 312 g/mol. The van der Waals surface area contributed by atoms with Gasteiger partial charge >= 0.3 is 5.97 Å². The first-order valence-corrected chi connectivity index (χ1v) is 7.34. The smallest absolute Gasteiger partial charge is 0.335 e. The molecule has 0 saturated carbocycles. The molecule has 0 aromatic heterocycles. The molecule has 0 radical (unpaired) electrons. The normalized spacial score (nSPS) is 23.2. The molecule has 2 aliphatic rings. The van der Waals surface area contributed by atoms with Crippen LogP contribution >= 0.6 is 0 Å². The number of hydrogen-bond donors (Lipinski definition) is 0. The molecule has 23 heavy (non-hydrogen) atoms. The van der Waals surface area contributed by atoms with Gasteiger partial charge in [0.1, 0.15) is 0 Å². The third-order valence-electron chi connectivity index (χ3n) is 4.14. The van der Waals surface area contributed by atoms with E-state index in [4.69, 9.17) is 9.47 Å². The van der Waals surface area contributed by atoms with Crippen molar-refractivity contribution in [1.82, 2.24) is 0 Å². The van der Waals surface area contributed by atoms with Crippen molar-refractivity contribution in [2.75, 3.05) is 7.11 Å². The Morgan fingerprint density at radius 1 is 1.30 bits per heavy atom. The molecular weight excluding hydrogens is 296 g/mol. The Morgan fingerprint density at radius 2 is 1.96 bits per heavy atom. The van der Waals surface area contributed by atoms with E-state index in [-0.39, 0.29) is 18.0 Å². The van der Waals surface area contributed by atoms with Gasteiger partial charge in [-0.3, -0.25) is 9.59 Å². The van der Waals surface area contributed by atoms with Gasteiger partial charge in [-0.25, -0.2) is 4.79 Å². The third kappa shape index (κ3) is 2.43. The van der Waals surface area contributed by atoms with Crippen LogP contribution in [-0.2, 0) is 14.3 Å². The van der Waals surface area contributed by atoms with Crippen molar-refractivity contribution in [1.29, 1.82) is 0 Å². The van der Waals surface area contributed by atoms with E-state index in [0.717, 1.165) is 0 Å². The van der Waals surface area contributed by atoms with E-state index in [2.05, 4.69) is 6.58 Å². The minimum Gasteiger partial charge on any atom is -0.467 e. The van der Waals surface area contributed by atoms with Gasteiger partial charge in [0.15, 0.2) is 17.7 Å². The number of hydrogen-bond acceptors (Lipinski definition) is 5. The summed E-state index contributed by atoms with van der Waals surface area (Å²) in [5.74, 6) is -0.989. The van der Waals surface area contributed by atoms with Crippen LogP contribution in [0.3, 0.4) is 0 Å². The van der Waals surface area contributed by atoms with E-state index in [1.54, 1.807) is 30.3 Å². The third-order valence-corrected chi connectivity index (χ3v) is 4.14. The maximum absolute atomic E-state index is 12.8. The van der Waals surface area contributed by atoms with Crippen molar-refractivity contribution in [2.45, 2.75) is 25.0 Å². The lowest BCUT2D eigenvalue weighted by Crippen LogP contribution is -2.41. The van der Waals surface area contributed by atoms with E-state index < -0.39 is 18.2 Å². The fourth-order valence-corrected chi connectivity index (χ4v) is 3.08. The van der Waals surface area contributed by atoms with Crippen LogP contribution in [0.25, 0.3) is 0 Å². The monoisotopic (exact) mass is 312 g/mol. The Kier molecular flexibility index (Phi) is 3.96. The SMILES string of the molecule is C=CC[C@H]1O[C@H](C(=O)OC)CC2=C1C(=O)c1ccccc1C2=O. The highest BCUT2D eigenvalue weighted by Crippen LogP contribution is 2.37. The molecule has 0 N–H and O–H groups in total. The van der Waals surface area contributed by atoms with Crippen LogP contribution in [0.15, 0.2) is 48.1 Å². The molecule has 0 amide bonds. The van der Waals surface area contributed by atoms with Crippen LogP contribution in [0, 0.1) is 0 Å². The van der Waals surface area contributed by atoms with Gasteiger partial charge in [0.25, 0.3) is 0 Å². The fraction of sp³-hybridized carbons (Fsp3) is 0.278. The molecule has 1 heterocycles. The number of esters is 1. The summed E-state index contributed by atoms with van der Waals surface area (Å²) in [5.41, 5.74) is 1.44. The van der Waals surface area contributed by atoms with E-state index in [0.29, 0.717) is 28.7 Å². The molecule has 3 rings (SSSR count). The van der Waals surface area contributed by atoms with Crippen LogP contribution in [0.1, 0.15) is 33.6 Å². The molecule has 0 spiro atoms. The summed E-state index contributed by atoms with van der Waals surface area (Å²) in [6.45, 7) is 3.66. The Labute approximate surface area is 133 Å². The number of carbonyl (C=O) groups excluding carboxylic acids is 3. The molecule has 1 aliphatic heterocycles. The van der Waals surface area contributed by atoms with E-state index >= 15 is 0 Å². The van der Waals surface area contributed by atoms with Crippen molar-refractivity contribution in [3.05, 3.63) is 59.2 Å². The van der Waals surface area contributed by atoms with Gasteiger partial charge in [0, 0.05) is 28.7 Å².